The maximum absolute atomic E-state index is 13.3. The molecule has 0 saturated carbocycles. The van der Waals surface area contributed by atoms with Gasteiger partial charge in [0.25, 0.3) is 5.91 Å². The monoisotopic (exact) mass is 429 g/mol. The van der Waals surface area contributed by atoms with Crippen LogP contribution in [0.2, 0.25) is 0 Å². The van der Waals surface area contributed by atoms with Crippen LogP contribution in [0.5, 0.6) is 5.75 Å². The zero-order valence-electron chi connectivity index (χ0n) is 17.3. The molecule has 31 heavy (non-hydrogen) atoms. The zero-order chi connectivity index (χ0) is 21.6. The number of piperazine rings is 1. The summed E-state index contributed by atoms with van der Waals surface area (Å²) < 4.78 is 5.33. The lowest BCUT2D eigenvalue weighted by molar-refractivity contribution is 0.0743. The van der Waals surface area contributed by atoms with E-state index >= 15 is 0 Å². The molecule has 1 amide bonds. The molecule has 1 saturated heterocycles. The van der Waals surface area contributed by atoms with Crippen LogP contribution in [0.3, 0.4) is 0 Å². The Morgan fingerprint density at radius 2 is 1.65 bits per heavy atom. The molecule has 0 bridgehead atoms. The number of benzene rings is 3. The van der Waals surface area contributed by atoms with Crippen molar-refractivity contribution in [3.8, 4) is 11.8 Å². The highest BCUT2D eigenvalue weighted by Gasteiger charge is 2.24. The van der Waals surface area contributed by atoms with Crippen LogP contribution in [-0.2, 0) is 0 Å². The maximum Gasteiger partial charge on any atom is 0.255 e. The lowest BCUT2D eigenvalue weighted by Gasteiger charge is -2.36. The van der Waals surface area contributed by atoms with Gasteiger partial charge in [-0.2, -0.15) is 5.26 Å². The first-order valence-electron chi connectivity index (χ1n) is 10.1. The Morgan fingerprint density at radius 3 is 2.39 bits per heavy atom. The van der Waals surface area contributed by atoms with E-state index in [1.807, 2.05) is 65.6 Å². The van der Waals surface area contributed by atoms with E-state index in [2.05, 4.69) is 17.0 Å². The fourth-order valence-corrected chi connectivity index (χ4v) is 4.66. The molecule has 0 N–H and O–H groups in total. The number of anilines is 1. The van der Waals surface area contributed by atoms with Gasteiger partial charge in [-0.05, 0) is 36.4 Å². The van der Waals surface area contributed by atoms with Gasteiger partial charge in [0.1, 0.15) is 11.8 Å². The van der Waals surface area contributed by atoms with Gasteiger partial charge in [-0.25, -0.2) is 0 Å². The minimum atomic E-state index is 0.0304. The van der Waals surface area contributed by atoms with Crippen molar-refractivity contribution in [2.45, 2.75) is 9.79 Å². The van der Waals surface area contributed by atoms with Crippen LogP contribution in [0.1, 0.15) is 15.9 Å². The normalized spacial score (nSPS) is 13.5. The van der Waals surface area contributed by atoms with Crippen LogP contribution >= 0.6 is 11.8 Å². The second kappa shape index (κ2) is 9.59. The average Bonchev–Trinajstić information content (AvgIpc) is 2.84. The minimum absolute atomic E-state index is 0.0304. The van der Waals surface area contributed by atoms with Gasteiger partial charge in [-0.1, -0.05) is 42.1 Å². The summed E-state index contributed by atoms with van der Waals surface area (Å²) in [6.07, 6.45) is 0. The summed E-state index contributed by atoms with van der Waals surface area (Å²) >= 11 is 1.46. The third-order valence-electron chi connectivity index (χ3n) is 5.33. The van der Waals surface area contributed by atoms with E-state index in [0.29, 0.717) is 24.2 Å². The summed E-state index contributed by atoms with van der Waals surface area (Å²) in [5, 5.41) is 9.38. The van der Waals surface area contributed by atoms with Gasteiger partial charge in [0.15, 0.2) is 0 Å². The molecule has 5 nitrogen and oxygen atoms in total. The molecule has 1 aliphatic heterocycles. The molecule has 156 valence electrons. The largest absolute Gasteiger partial charge is 0.497 e. The second-order valence-corrected chi connectivity index (χ2v) is 8.27. The van der Waals surface area contributed by atoms with E-state index in [1.165, 1.54) is 11.8 Å². The molecule has 0 radical (unpaired) electrons. The molecule has 0 aromatic heterocycles. The number of carbonyl (C=O) groups excluding carboxylic acids is 1. The molecular formula is C25H23N3O2S. The summed E-state index contributed by atoms with van der Waals surface area (Å²) in [6, 6.07) is 25.3. The molecule has 3 aromatic rings. The van der Waals surface area contributed by atoms with Gasteiger partial charge in [0.05, 0.1) is 18.2 Å². The van der Waals surface area contributed by atoms with E-state index in [1.54, 1.807) is 13.2 Å². The molecule has 1 fully saturated rings. The number of hydrogen-bond donors (Lipinski definition) is 0. The number of nitriles is 1. The van der Waals surface area contributed by atoms with E-state index < -0.39 is 0 Å². The highest BCUT2D eigenvalue weighted by atomic mass is 32.2. The lowest BCUT2D eigenvalue weighted by atomic mass is 10.1. The Labute approximate surface area is 186 Å². The van der Waals surface area contributed by atoms with Crippen LogP contribution in [0.25, 0.3) is 0 Å². The number of amides is 1. The summed E-state index contributed by atoms with van der Waals surface area (Å²) in [4.78, 5) is 19.2. The molecule has 3 aromatic carbocycles. The molecule has 0 spiro atoms. The van der Waals surface area contributed by atoms with E-state index in [9.17, 15) is 10.1 Å². The van der Waals surface area contributed by atoms with Crippen molar-refractivity contribution in [2.75, 3.05) is 38.2 Å². The molecular weight excluding hydrogens is 406 g/mol. The Morgan fingerprint density at radius 1 is 0.935 bits per heavy atom. The van der Waals surface area contributed by atoms with Crippen LogP contribution < -0.4 is 9.64 Å². The fraction of sp³-hybridized carbons (Fsp3) is 0.200. The summed E-state index contributed by atoms with van der Waals surface area (Å²) in [5.41, 5.74) is 2.40. The maximum atomic E-state index is 13.3. The number of methoxy groups -OCH3 is 1. The van der Waals surface area contributed by atoms with Crippen molar-refractivity contribution in [1.29, 1.82) is 5.26 Å². The van der Waals surface area contributed by atoms with Gasteiger partial charge < -0.3 is 14.5 Å². The second-order valence-electron chi connectivity index (χ2n) is 7.19. The van der Waals surface area contributed by atoms with Gasteiger partial charge in [0.2, 0.25) is 0 Å². The van der Waals surface area contributed by atoms with Crippen LogP contribution in [0.4, 0.5) is 5.69 Å². The van der Waals surface area contributed by atoms with Gasteiger partial charge in [0, 0.05) is 47.7 Å². The van der Waals surface area contributed by atoms with Gasteiger partial charge in [-0.3, -0.25) is 4.79 Å². The SMILES string of the molecule is COc1cccc(N2CCN(C(=O)c3ccccc3Sc3ccccc3C#N)CC2)c1. The zero-order valence-corrected chi connectivity index (χ0v) is 18.1. The third-order valence-corrected chi connectivity index (χ3v) is 6.48. The Hall–Kier alpha value is -3.43. The predicted molar refractivity (Wildman–Crippen MR) is 123 cm³/mol. The van der Waals surface area contributed by atoms with Crippen molar-refractivity contribution >= 4 is 23.4 Å². The Bertz CT molecular complexity index is 1120. The van der Waals surface area contributed by atoms with Crippen molar-refractivity contribution in [1.82, 2.24) is 4.90 Å². The Kier molecular flexibility index (Phi) is 6.44. The predicted octanol–water partition coefficient (Wildman–Crippen LogP) is 4.68. The summed E-state index contributed by atoms with van der Waals surface area (Å²) in [5.74, 6) is 0.863. The van der Waals surface area contributed by atoms with Crippen molar-refractivity contribution < 1.29 is 9.53 Å². The molecule has 0 aliphatic carbocycles. The highest BCUT2D eigenvalue weighted by Crippen LogP contribution is 2.33. The highest BCUT2D eigenvalue weighted by molar-refractivity contribution is 7.99. The van der Waals surface area contributed by atoms with Crippen molar-refractivity contribution in [3.63, 3.8) is 0 Å². The van der Waals surface area contributed by atoms with E-state index in [0.717, 1.165) is 34.3 Å². The average molecular weight is 430 g/mol. The lowest BCUT2D eigenvalue weighted by Crippen LogP contribution is -2.48. The topological polar surface area (TPSA) is 56.6 Å². The standard InChI is InChI=1S/C25H23N3O2S/c1-30-21-9-6-8-20(17-21)27-13-15-28(16-14-27)25(29)22-10-3-5-12-24(22)31-23-11-4-2-7-19(23)18-26/h2-12,17H,13-16H2,1H3. The minimum Gasteiger partial charge on any atom is -0.497 e. The fourth-order valence-electron chi connectivity index (χ4n) is 3.64. The summed E-state index contributed by atoms with van der Waals surface area (Å²) in [6.45, 7) is 2.85. The van der Waals surface area contributed by atoms with Crippen molar-refractivity contribution in [2.24, 2.45) is 0 Å². The first-order valence-corrected chi connectivity index (χ1v) is 11.0. The van der Waals surface area contributed by atoms with E-state index in [-0.39, 0.29) is 5.91 Å². The number of rotatable bonds is 5. The molecule has 1 heterocycles. The molecule has 0 unspecified atom stereocenters. The van der Waals surface area contributed by atoms with Crippen LogP contribution in [0, 0.1) is 11.3 Å². The first kappa shape index (κ1) is 20.8. The Balaban J connectivity index is 1.48. The van der Waals surface area contributed by atoms with Crippen molar-refractivity contribution in [3.05, 3.63) is 83.9 Å². The number of hydrogen-bond acceptors (Lipinski definition) is 5. The molecule has 0 atom stereocenters. The van der Waals surface area contributed by atoms with Crippen LogP contribution in [0.15, 0.2) is 82.6 Å². The van der Waals surface area contributed by atoms with Crippen LogP contribution in [-0.4, -0.2) is 44.1 Å². The summed E-state index contributed by atoms with van der Waals surface area (Å²) in [7, 11) is 1.67. The van der Waals surface area contributed by atoms with E-state index in [4.69, 9.17) is 4.74 Å². The molecule has 4 rings (SSSR count). The quantitative estimate of drug-likeness (QED) is 0.589. The molecule has 1 aliphatic rings. The van der Waals surface area contributed by atoms with Gasteiger partial charge in [-0.15, -0.1) is 0 Å². The third kappa shape index (κ3) is 4.68. The van der Waals surface area contributed by atoms with Gasteiger partial charge >= 0.3 is 0 Å². The molecule has 6 heteroatoms. The smallest absolute Gasteiger partial charge is 0.255 e. The first-order chi connectivity index (χ1) is 15.2. The number of nitrogens with zero attached hydrogens (tertiary/aromatic N) is 3. The number of carbonyl (C=O) groups is 1. The number of ether oxygens (including phenoxy) is 1.